The molecule has 2 aliphatic rings. The minimum Gasteiger partial charge on any atom is -0.485 e. The summed E-state index contributed by atoms with van der Waals surface area (Å²) in [6.07, 6.45) is 1.47. The fraction of sp³-hybridized carbons (Fsp3) is 0.333. The normalized spacial score (nSPS) is 22.0. The van der Waals surface area contributed by atoms with Gasteiger partial charge in [0.05, 0.1) is 15.2 Å². The largest absolute Gasteiger partial charge is 0.485 e. The molecular formula is C21H20N2O3S. The summed E-state index contributed by atoms with van der Waals surface area (Å²) in [5.74, 6) is 1.64. The Morgan fingerprint density at radius 2 is 1.93 bits per heavy atom. The first kappa shape index (κ1) is 16.6. The molecule has 0 bridgehead atoms. The van der Waals surface area contributed by atoms with Crippen LogP contribution in [0.25, 0.3) is 10.2 Å². The van der Waals surface area contributed by atoms with Crippen molar-refractivity contribution in [3.05, 3.63) is 53.5 Å². The molecule has 1 amide bonds. The van der Waals surface area contributed by atoms with Crippen LogP contribution in [0.3, 0.4) is 0 Å². The number of piperidine rings is 1. The summed E-state index contributed by atoms with van der Waals surface area (Å²) in [4.78, 5) is 19.7. The zero-order valence-corrected chi connectivity index (χ0v) is 15.7. The van der Waals surface area contributed by atoms with Crippen LogP contribution in [0.2, 0.25) is 0 Å². The van der Waals surface area contributed by atoms with E-state index in [-0.39, 0.29) is 18.4 Å². The van der Waals surface area contributed by atoms with E-state index < -0.39 is 6.10 Å². The van der Waals surface area contributed by atoms with Gasteiger partial charge in [0.1, 0.15) is 6.61 Å². The highest BCUT2D eigenvalue weighted by Crippen LogP contribution is 2.34. The third-order valence-corrected chi connectivity index (χ3v) is 6.38. The Morgan fingerprint density at radius 3 is 2.81 bits per heavy atom. The van der Waals surface area contributed by atoms with Crippen molar-refractivity contribution in [3.8, 4) is 11.5 Å². The number of para-hydroxylation sites is 3. The zero-order valence-electron chi connectivity index (χ0n) is 14.8. The molecule has 27 heavy (non-hydrogen) atoms. The van der Waals surface area contributed by atoms with E-state index in [2.05, 4.69) is 6.07 Å². The topological polar surface area (TPSA) is 51.7 Å². The summed E-state index contributed by atoms with van der Waals surface area (Å²) in [5, 5.41) is 1.12. The molecule has 5 rings (SSSR count). The van der Waals surface area contributed by atoms with E-state index in [0.717, 1.165) is 29.9 Å². The van der Waals surface area contributed by atoms with Crippen molar-refractivity contribution < 1.29 is 14.3 Å². The summed E-state index contributed by atoms with van der Waals surface area (Å²) in [6.45, 7) is 1.72. The van der Waals surface area contributed by atoms with Gasteiger partial charge >= 0.3 is 0 Å². The van der Waals surface area contributed by atoms with Gasteiger partial charge in [0.2, 0.25) is 6.10 Å². The molecule has 1 fully saturated rings. The lowest BCUT2D eigenvalue weighted by Gasteiger charge is -2.35. The van der Waals surface area contributed by atoms with Gasteiger partial charge in [-0.2, -0.15) is 0 Å². The predicted molar refractivity (Wildman–Crippen MR) is 105 cm³/mol. The first-order chi connectivity index (χ1) is 13.3. The van der Waals surface area contributed by atoms with Crippen LogP contribution in [0, 0.1) is 0 Å². The van der Waals surface area contributed by atoms with Gasteiger partial charge in [0.15, 0.2) is 11.5 Å². The van der Waals surface area contributed by atoms with Crippen molar-refractivity contribution in [2.45, 2.75) is 24.9 Å². The number of likely N-dealkylation sites (tertiary alicyclic amines) is 1. The van der Waals surface area contributed by atoms with E-state index in [1.165, 1.54) is 4.70 Å². The number of ether oxygens (including phenoxy) is 2. The molecule has 0 radical (unpaired) electrons. The molecule has 1 saturated heterocycles. The van der Waals surface area contributed by atoms with Crippen molar-refractivity contribution in [1.82, 2.24) is 9.88 Å². The maximum Gasteiger partial charge on any atom is 0.267 e. The molecule has 0 saturated carbocycles. The van der Waals surface area contributed by atoms with Gasteiger partial charge < -0.3 is 14.4 Å². The molecule has 3 aromatic rings. The van der Waals surface area contributed by atoms with E-state index in [0.29, 0.717) is 18.0 Å². The molecule has 2 atom stereocenters. The first-order valence-electron chi connectivity index (χ1n) is 9.31. The molecule has 138 valence electrons. The molecule has 5 nitrogen and oxygen atoms in total. The van der Waals surface area contributed by atoms with Crippen LogP contribution in [0.15, 0.2) is 48.5 Å². The second kappa shape index (κ2) is 6.85. The molecule has 1 aromatic heterocycles. The number of hydrogen-bond acceptors (Lipinski definition) is 5. The van der Waals surface area contributed by atoms with Gasteiger partial charge in [0.25, 0.3) is 5.91 Å². The summed E-state index contributed by atoms with van der Waals surface area (Å²) in [6, 6.07) is 15.7. The van der Waals surface area contributed by atoms with Crippen LogP contribution in [0.5, 0.6) is 11.5 Å². The summed E-state index contributed by atoms with van der Waals surface area (Å²) < 4.78 is 12.8. The molecule has 2 aromatic carbocycles. The minimum atomic E-state index is -0.575. The second-order valence-electron chi connectivity index (χ2n) is 7.01. The van der Waals surface area contributed by atoms with Gasteiger partial charge in [-0.3, -0.25) is 4.79 Å². The van der Waals surface area contributed by atoms with Crippen LogP contribution in [0.4, 0.5) is 0 Å². The predicted octanol–water partition coefficient (Wildman–Crippen LogP) is 3.84. The molecule has 0 aliphatic carbocycles. The Hall–Kier alpha value is -2.60. The lowest BCUT2D eigenvalue weighted by atomic mass is 9.98. The van der Waals surface area contributed by atoms with Crippen molar-refractivity contribution in [2.75, 3.05) is 19.7 Å². The number of aromatic nitrogens is 1. The van der Waals surface area contributed by atoms with Crippen molar-refractivity contribution >= 4 is 27.5 Å². The SMILES string of the molecule is O=C([C@@H]1COc2ccccc2O1)N1CCC[C@@H](c2nc3ccccc3s2)C1. The molecule has 0 unspecified atom stereocenters. The number of carbonyl (C=O) groups excluding carboxylic acids is 1. The van der Waals surface area contributed by atoms with Crippen LogP contribution in [-0.2, 0) is 4.79 Å². The monoisotopic (exact) mass is 380 g/mol. The smallest absolute Gasteiger partial charge is 0.267 e. The fourth-order valence-corrected chi connectivity index (χ4v) is 4.88. The van der Waals surface area contributed by atoms with Gasteiger partial charge in [-0.25, -0.2) is 4.98 Å². The average molecular weight is 380 g/mol. The van der Waals surface area contributed by atoms with E-state index in [1.54, 1.807) is 11.3 Å². The number of amides is 1. The Balaban J connectivity index is 1.31. The highest BCUT2D eigenvalue weighted by atomic mass is 32.1. The highest BCUT2D eigenvalue weighted by molar-refractivity contribution is 7.18. The number of benzene rings is 2. The number of carbonyl (C=O) groups is 1. The van der Waals surface area contributed by atoms with Crippen LogP contribution in [-0.4, -0.2) is 41.6 Å². The number of rotatable bonds is 2. The molecule has 0 N–H and O–H groups in total. The number of hydrogen-bond donors (Lipinski definition) is 0. The fourth-order valence-electron chi connectivity index (χ4n) is 3.79. The highest BCUT2D eigenvalue weighted by Gasteiger charge is 2.34. The lowest BCUT2D eigenvalue weighted by molar-refractivity contribution is -0.142. The van der Waals surface area contributed by atoms with Gasteiger partial charge in [0, 0.05) is 19.0 Å². The number of fused-ring (bicyclic) bond motifs is 2. The summed E-state index contributed by atoms with van der Waals surface area (Å²) in [7, 11) is 0. The standard InChI is InChI=1S/C21H20N2O3S/c24-21(18-13-25-16-8-2-3-9-17(16)26-18)23-11-5-6-14(12-23)20-22-15-7-1-4-10-19(15)27-20/h1-4,7-10,14,18H,5-6,11-13H2/t14-,18+/m1/s1. The second-order valence-corrected chi connectivity index (χ2v) is 8.07. The molecule has 3 heterocycles. The van der Waals surface area contributed by atoms with E-state index in [9.17, 15) is 4.79 Å². The molecule has 2 aliphatic heterocycles. The zero-order chi connectivity index (χ0) is 18.2. The third-order valence-electron chi connectivity index (χ3n) is 5.18. The van der Waals surface area contributed by atoms with Crippen molar-refractivity contribution in [2.24, 2.45) is 0 Å². The Bertz CT molecular complexity index is 953. The first-order valence-corrected chi connectivity index (χ1v) is 10.1. The summed E-state index contributed by atoms with van der Waals surface area (Å²) >= 11 is 1.74. The number of thiazole rings is 1. The van der Waals surface area contributed by atoms with Gasteiger partial charge in [-0.1, -0.05) is 24.3 Å². The van der Waals surface area contributed by atoms with E-state index in [1.807, 2.05) is 47.4 Å². The van der Waals surface area contributed by atoms with Crippen LogP contribution >= 0.6 is 11.3 Å². The maximum atomic E-state index is 13.0. The average Bonchev–Trinajstić information content (AvgIpc) is 3.17. The van der Waals surface area contributed by atoms with Crippen molar-refractivity contribution in [3.63, 3.8) is 0 Å². The Labute approximate surface area is 161 Å². The molecule has 6 heteroatoms. The van der Waals surface area contributed by atoms with Gasteiger partial charge in [-0.15, -0.1) is 11.3 Å². The number of nitrogens with zero attached hydrogens (tertiary/aromatic N) is 2. The maximum absolute atomic E-state index is 13.0. The molecular weight excluding hydrogens is 360 g/mol. The van der Waals surface area contributed by atoms with Crippen LogP contribution in [0.1, 0.15) is 23.8 Å². The Kier molecular flexibility index (Phi) is 4.20. The minimum absolute atomic E-state index is 0.00955. The van der Waals surface area contributed by atoms with Crippen LogP contribution < -0.4 is 9.47 Å². The molecule has 0 spiro atoms. The van der Waals surface area contributed by atoms with Crippen molar-refractivity contribution in [1.29, 1.82) is 0 Å². The van der Waals surface area contributed by atoms with E-state index >= 15 is 0 Å². The third kappa shape index (κ3) is 3.14. The van der Waals surface area contributed by atoms with Gasteiger partial charge in [-0.05, 0) is 37.1 Å². The Morgan fingerprint density at radius 1 is 1.11 bits per heavy atom. The lowest BCUT2D eigenvalue weighted by Crippen LogP contribution is -2.49. The quantitative estimate of drug-likeness (QED) is 0.678. The summed E-state index contributed by atoms with van der Waals surface area (Å²) in [5.41, 5.74) is 1.04. The van der Waals surface area contributed by atoms with E-state index in [4.69, 9.17) is 14.5 Å².